The predicted molar refractivity (Wildman–Crippen MR) is 238 cm³/mol. The van der Waals surface area contributed by atoms with Gasteiger partial charge in [0.25, 0.3) is 0 Å². The van der Waals surface area contributed by atoms with Crippen LogP contribution >= 0.6 is 22.6 Å². The molecule has 56 heavy (non-hydrogen) atoms. The second-order valence-corrected chi connectivity index (χ2v) is 14.3. The number of aromatic amines is 2. The Morgan fingerprint density at radius 2 is 0.804 bits per heavy atom. The van der Waals surface area contributed by atoms with Crippen LogP contribution in [0.15, 0.2) is 146 Å². The molecule has 0 saturated heterocycles. The fourth-order valence-electron chi connectivity index (χ4n) is 4.44. The molecule has 4 N–H and O–H groups in total. The minimum Gasteiger partial charge on any atom is -0.423 e. The summed E-state index contributed by atoms with van der Waals surface area (Å²) in [5.74, 6) is 0. The smallest absolute Gasteiger partial charge is 0.423 e. The number of aromatic nitrogens is 8. The minimum atomic E-state index is -1.35. The molecule has 0 aliphatic heterocycles. The number of H-pyrrole nitrogens is 2. The van der Waals surface area contributed by atoms with Gasteiger partial charge in [-0.05, 0) is 144 Å². The standard InChI is InChI=1S/2C11H12N2.C7H9BO2.C7H7I.2C4H6N2/c2*1-9-3-5-11(6-4-9)13-8-7-10(2)12-13;1-6-2-4-7(5-3-6)8(9)10;1-6-2-4-7(8)5-3-6;2*1-4-2-3-5-6-4/h2*3-8H,1-2H3;2-5,9-10H,1H3;2-5H,1H3;2*2-3H,1H3,(H,5,6). The maximum Gasteiger partial charge on any atom is 0.488 e. The van der Waals surface area contributed by atoms with E-state index in [2.05, 4.69) is 147 Å². The van der Waals surface area contributed by atoms with Gasteiger partial charge in [0.15, 0.2) is 0 Å². The zero-order chi connectivity index (χ0) is 40.9. The Morgan fingerprint density at radius 3 is 1.04 bits per heavy atom. The first-order chi connectivity index (χ1) is 26.8. The summed E-state index contributed by atoms with van der Waals surface area (Å²) in [7, 11) is -1.35. The summed E-state index contributed by atoms with van der Waals surface area (Å²) in [6.07, 6.45) is 7.41. The second kappa shape index (κ2) is 24.1. The molecule has 12 heteroatoms. The Morgan fingerprint density at radius 1 is 0.464 bits per heavy atom. The zero-order valence-corrected chi connectivity index (χ0v) is 35.5. The van der Waals surface area contributed by atoms with Crippen molar-refractivity contribution >= 4 is 35.2 Å². The number of hydrogen-bond acceptors (Lipinski definition) is 6. The summed E-state index contributed by atoms with van der Waals surface area (Å²) in [5, 5.41) is 38.9. The lowest BCUT2D eigenvalue weighted by molar-refractivity contribution is 0.426. The van der Waals surface area contributed by atoms with Gasteiger partial charge in [0.05, 0.1) is 22.8 Å². The third-order valence-corrected chi connectivity index (χ3v) is 8.43. The number of rotatable bonds is 3. The molecule has 0 saturated carbocycles. The van der Waals surface area contributed by atoms with Crippen LogP contribution in [0.1, 0.15) is 45.0 Å². The molecule has 10 nitrogen and oxygen atoms in total. The summed E-state index contributed by atoms with van der Waals surface area (Å²) in [6, 6.07) is 40.0. The molecule has 0 aliphatic rings. The van der Waals surface area contributed by atoms with Crippen LogP contribution in [0.25, 0.3) is 11.4 Å². The maximum absolute atomic E-state index is 8.67. The van der Waals surface area contributed by atoms with Crippen molar-refractivity contribution in [3.05, 3.63) is 195 Å². The van der Waals surface area contributed by atoms with E-state index >= 15 is 0 Å². The predicted octanol–water partition coefficient (Wildman–Crippen LogP) is 8.69. The van der Waals surface area contributed by atoms with Gasteiger partial charge in [-0.25, -0.2) is 9.36 Å². The number of benzene rings is 4. The van der Waals surface area contributed by atoms with Crippen molar-refractivity contribution in [2.75, 3.05) is 0 Å². The molecular formula is C44H52BIN8O2. The average Bonchev–Trinajstić information content (AvgIpc) is 4.03. The van der Waals surface area contributed by atoms with E-state index in [0.29, 0.717) is 5.46 Å². The van der Waals surface area contributed by atoms with E-state index in [1.54, 1.807) is 24.5 Å². The van der Waals surface area contributed by atoms with Gasteiger partial charge >= 0.3 is 7.12 Å². The van der Waals surface area contributed by atoms with Crippen LogP contribution in [0, 0.1) is 59.0 Å². The molecule has 0 bridgehead atoms. The van der Waals surface area contributed by atoms with Gasteiger partial charge < -0.3 is 10.0 Å². The van der Waals surface area contributed by atoms with Crippen LogP contribution in [0.4, 0.5) is 0 Å². The zero-order valence-electron chi connectivity index (χ0n) is 33.4. The first-order valence-corrected chi connectivity index (χ1v) is 19.1. The number of aryl methyl sites for hydroxylation is 8. The first kappa shape index (κ1) is 44.8. The Hall–Kier alpha value is -5.57. The Bertz CT molecular complexity index is 2060. The summed E-state index contributed by atoms with van der Waals surface area (Å²) in [4.78, 5) is 0. The van der Waals surface area contributed by atoms with Crippen molar-refractivity contribution in [3.8, 4) is 11.4 Å². The Balaban J connectivity index is 0.000000185. The largest absolute Gasteiger partial charge is 0.488 e. The average molecular weight is 863 g/mol. The molecule has 0 atom stereocenters. The lowest BCUT2D eigenvalue weighted by Crippen LogP contribution is -2.29. The van der Waals surface area contributed by atoms with Crippen molar-refractivity contribution in [2.24, 2.45) is 0 Å². The van der Waals surface area contributed by atoms with E-state index in [-0.39, 0.29) is 0 Å². The Labute approximate surface area is 345 Å². The van der Waals surface area contributed by atoms with Gasteiger partial charge in [0, 0.05) is 39.7 Å². The summed E-state index contributed by atoms with van der Waals surface area (Å²) in [6.45, 7) is 16.1. The second-order valence-electron chi connectivity index (χ2n) is 13.0. The van der Waals surface area contributed by atoms with E-state index in [0.717, 1.165) is 39.7 Å². The normalized spacial score (nSPS) is 9.70. The van der Waals surface area contributed by atoms with Crippen LogP contribution in [0.3, 0.4) is 0 Å². The number of nitrogens with one attached hydrogen (secondary N) is 2. The maximum atomic E-state index is 8.67. The van der Waals surface area contributed by atoms with Gasteiger partial charge in [-0.1, -0.05) is 82.9 Å². The van der Waals surface area contributed by atoms with E-state index in [1.807, 2.05) is 92.8 Å². The molecule has 0 unspecified atom stereocenters. The van der Waals surface area contributed by atoms with E-state index in [1.165, 1.54) is 20.3 Å². The highest BCUT2D eigenvalue weighted by atomic mass is 127. The molecule has 0 fully saturated rings. The molecular weight excluding hydrogens is 810 g/mol. The highest BCUT2D eigenvalue weighted by Crippen LogP contribution is 2.10. The number of hydrogen-bond donors (Lipinski definition) is 4. The van der Waals surface area contributed by atoms with Gasteiger partial charge in [-0.15, -0.1) is 0 Å². The van der Waals surface area contributed by atoms with Gasteiger partial charge in [-0.3, -0.25) is 10.2 Å². The van der Waals surface area contributed by atoms with Crippen LogP contribution in [-0.2, 0) is 0 Å². The fourth-order valence-corrected chi connectivity index (χ4v) is 4.79. The topological polar surface area (TPSA) is 133 Å². The van der Waals surface area contributed by atoms with Crippen LogP contribution in [-0.4, -0.2) is 57.1 Å². The number of halogens is 1. The van der Waals surface area contributed by atoms with E-state index < -0.39 is 7.12 Å². The fraction of sp³-hybridized carbons (Fsp3) is 0.182. The minimum absolute atomic E-state index is 0.533. The molecule has 290 valence electrons. The third kappa shape index (κ3) is 17.7. The van der Waals surface area contributed by atoms with Gasteiger partial charge in [-0.2, -0.15) is 20.4 Å². The van der Waals surface area contributed by atoms with Crippen LogP contribution in [0.2, 0.25) is 0 Å². The Kier molecular flexibility index (Phi) is 19.3. The summed E-state index contributed by atoms with van der Waals surface area (Å²) >= 11 is 2.30. The SMILES string of the molecule is Cc1ccc(-n2ccc(C)n2)cc1.Cc1ccc(-n2ccc(C)n2)cc1.Cc1ccc(B(O)O)cc1.Cc1ccc(I)cc1.Cc1ccn[nH]1.Cc1ccn[nH]1. The van der Waals surface area contributed by atoms with E-state index in [9.17, 15) is 0 Å². The molecule has 4 aromatic carbocycles. The lowest BCUT2D eigenvalue weighted by Gasteiger charge is -2.00. The van der Waals surface area contributed by atoms with Gasteiger partial charge in [0.2, 0.25) is 0 Å². The van der Waals surface area contributed by atoms with Crippen molar-refractivity contribution in [1.29, 1.82) is 0 Å². The van der Waals surface area contributed by atoms with E-state index in [4.69, 9.17) is 10.0 Å². The monoisotopic (exact) mass is 862 g/mol. The number of nitrogens with zero attached hydrogens (tertiary/aromatic N) is 6. The van der Waals surface area contributed by atoms with Crippen LogP contribution in [0.5, 0.6) is 0 Å². The molecule has 0 aliphatic carbocycles. The first-order valence-electron chi connectivity index (χ1n) is 18.0. The molecule has 8 aromatic rings. The molecule has 0 amide bonds. The summed E-state index contributed by atoms with van der Waals surface area (Å²) < 4.78 is 5.07. The van der Waals surface area contributed by atoms with Crippen molar-refractivity contribution in [3.63, 3.8) is 0 Å². The lowest BCUT2D eigenvalue weighted by atomic mass is 9.80. The molecule has 0 radical (unpaired) electrons. The quantitative estimate of drug-likeness (QED) is 0.104. The molecule has 4 aromatic heterocycles. The van der Waals surface area contributed by atoms with Crippen molar-refractivity contribution in [2.45, 2.75) is 55.4 Å². The molecule has 4 heterocycles. The van der Waals surface area contributed by atoms with Crippen LogP contribution < -0.4 is 5.46 Å². The molecule has 8 rings (SSSR count). The van der Waals surface area contributed by atoms with Crippen molar-refractivity contribution in [1.82, 2.24) is 40.0 Å². The summed E-state index contributed by atoms with van der Waals surface area (Å²) in [5.41, 5.74) is 12.0. The van der Waals surface area contributed by atoms with Crippen molar-refractivity contribution < 1.29 is 10.0 Å². The highest BCUT2D eigenvalue weighted by molar-refractivity contribution is 14.1. The molecule has 0 spiro atoms. The highest BCUT2D eigenvalue weighted by Gasteiger charge is 2.08. The third-order valence-electron chi connectivity index (χ3n) is 7.71. The van der Waals surface area contributed by atoms with Gasteiger partial charge in [0.1, 0.15) is 0 Å².